The lowest BCUT2D eigenvalue weighted by atomic mass is 9.80. The minimum absolute atomic E-state index is 0.0179. The molecule has 0 aliphatic carbocycles. The number of fused-ring (bicyclic) bond motifs is 1. The van der Waals surface area contributed by atoms with E-state index in [9.17, 15) is 4.79 Å². The molecule has 2 unspecified atom stereocenters. The number of ketones is 1. The molecule has 2 heterocycles. The van der Waals surface area contributed by atoms with Gasteiger partial charge < -0.3 is 9.64 Å². The summed E-state index contributed by atoms with van der Waals surface area (Å²) in [6.07, 6.45) is 6.67. The molecule has 2 aromatic rings. The van der Waals surface area contributed by atoms with Crippen LogP contribution in [-0.4, -0.2) is 42.4 Å². The van der Waals surface area contributed by atoms with E-state index in [-0.39, 0.29) is 5.78 Å². The Morgan fingerprint density at radius 3 is 2.93 bits per heavy atom. The number of carbonyl (C=O) groups is 1. The number of likely N-dealkylation sites (tertiary alicyclic amines) is 1. The van der Waals surface area contributed by atoms with Crippen molar-refractivity contribution in [3.05, 3.63) is 60.8 Å². The number of piperidine rings is 1. The van der Waals surface area contributed by atoms with Gasteiger partial charge in [0.2, 0.25) is 0 Å². The molecule has 3 rings (SSSR count). The Balaban J connectivity index is 1.79. The smallest absolute Gasteiger partial charge is 0.189 e. The quantitative estimate of drug-likeness (QED) is 0.372. The van der Waals surface area contributed by atoms with Gasteiger partial charge in [-0.15, -0.1) is 6.58 Å². The van der Waals surface area contributed by atoms with Gasteiger partial charge in [-0.25, -0.2) is 0 Å². The highest BCUT2D eigenvalue weighted by molar-refractivity contribution is 6.16. The van der Waals surface area contributed by atoms with Crippen LogP contribution in [0, 0.1) is 11.8 Å². The number of carbonyl (C=O) groups excluding carboxylic acids is 1. The van der Waals surface area contributed by atoms with E-state index in [1.807, 2.05) is 18.2 Å². The summed E-state index contributed by atoms with van der Waals surface area (Å²) in [5.74, 6) is 1.46. The maximum absolute atomic E-state index is 13.2. The average molecular weight is 379 g/mol. The Kier molecular flexibility index (Phi) is 6.63. The fourth-order valence-electron chi connectivity index (χ4n) is 4.27. The molecule has 1 aliphatic heterocycles. The zero-order valence-corrected chi connectivity index (χ0v) is 17.0. The first kappa shape index (κ1) is 20.3. The lowest BCUT2D eigenvalue weighted by molar-refractivity contribution is 0.101. The lowest BCUT2D eigenvalue weighted by Gasteiger charge is -2.37. The molecule has 2 atom stereocenters. The molecule has 0 amide bonds. The summed E-state index contributed by atoms with van der Waals surface area (Å²) in [5, 5.41) is 0.761. The third kappa shape index (κ3) is 4.17. The van der Waals surface area contributed by atoms with Crippen molar-refractivity contribution in [2.45, 2.75) is 26.2 Å². The summed E-state index contributed by atoms with van der Waals surface area (Å²) in [6.45, 7) is 13.6. The first-order chi connectivity index (χ1) is 13.6. The van der Waals surface area contributed by atoms with Gasteiger partial charge in [-0.3, -0.25) is 9.78 Å². The highest BCUT2D eigenvalue weighted by Gasteiger charge is 2.29. The zero-order valence-electron chi connectivity index (χ0n) is 17.0. The van der Waals surface area contributed by atoms with Gasteiger partial charge in [-0.2, -0.15) is 0 Å². The number of nitrogens with zero attached hydrogens (tertiary/aromatic N) is 2. The second-order valence-electron chi connectivity index (χ2n) is 7.60. The van der Waals surface area contributed by atoms with Crippen LogP contribution in [0.5, 0.6) is 5.75 Å². The molecule has 0 N–H and O–H groups in total. The Bertz CT molecular complexity index is 869. The molecular formula is C24H30N2O2. The molecule has 4 nitrogen and oxygen atoms in total. The number of hydrogen-bond donors (Lipinski definition) is 0. The number of methoxy groups -OCH3 is 1. The average Bonchev–Trinajstić information content (AvgIpc) is 2.73. The number of ether oxygens (including phenoxy) is 1. The van der Waals surface area contributed by atoms with Gasteiger partial charge in [0, 0.05) is 18.3 Å². The molecule has 4 heteroatoms. The molecule has 28 heavy (non-hydrogen) atoms. The monoisotopic (exact) mass is 378 g/mol. The summed E-state index contributed by atoms with van der Waals surface area (Å²) in [5.41, 5.74) is 2.03. The fourth-order valence-corrected chi connectivity index (χ4v) is 4.27. The number of benzene rings is 1. The summed E-state index contributed by atoms with van der Waals surface area (Å²) in [6, 6.07) is 7.42. The largest absolute Gasteiger partial charge is 0.496 e. The predicted octanol–water partition coefficient (Wildman–Crippen LogP) is 4.91. The van der Waals surface area contributed by atoms with Crippen molar-refractivity contribution in [2.24, 2.45) is 11.8 Å². The number of rotatable bonds is 8. The highest BCUT2D eigenvalue weighted by Crippen LogP contribution is 2.33. The summed E-state index contributed by atoms with van der Waals surface area (Å²) in [4.78, 5) is 20.1. The van der Waals surface area contributed by atoms with Crippen molar-refractivity contribution < 1.29 is 9.53 Å². The van der Waals surface area contributed by atoms with Crippen molar-refractivity contribution in [2.75, 3.05) is 26.7 Å². The van der Waals surface area contributed by atoms with Crippen LogP contribution in [0.3, 0.4) is 0 Å². The van der Waals surface area contributed by atoms with Crippen molar-refractivity contribution in [1.82, 2.24) is 9.88 Å². The highest BCUT2D eigenvalue weighted by atomic mass is 16.5. The summed E-state index contributed by atoms with van der Waals surface area (Å²) in [7, 11) is 1.61. The van der Waals surface area contributed by atoms with Crippen LogP contribution in [0.1, 0.15) is 36.5 Å². The van der Waals surface area contributed by atoms with E-state index in [1.165, 1.54) is 0 Å². The Morgan fingerprint density at radius 2 is 2.21 bits per heavy atom. The van der Waals surface area contributed by atoms with E-state index < -0.39 is 0 Å². The second-order valence-corrected chi connectivity index (χ2v) is 7.60. The zero-order chi connectivity index (χ0) is 20.1. The van der Waals surface area contributed by atoms with Gasteiger partial charge in [-0.05, 0) is 68.0 Å². The van der Waals surface area contributed by atoms with Gasteiger partial charge in [-0.1, -0.05) is 25.6 Å². The van der Waals surface area contributed by atoms with Crippen LogP contribution in [0.4, 0.5) is 0 Å². The van der Waals surface area contributed by atoms with Crippen LogP contribution in [-0.2, 0) is 0 Å². The number of aromatic nitrogens is 1. The first-order valence-corrected chi connectivity index (χ1v) is 10.1. The molecule has 1 aromatic heterocycles. The lowest BCUT2D eigenvalue weighted by Crippen LogP contribution is -2.40. The molecule has 0 saturated carbocycles. The third-order valence-electron chi connectivity index (χ3n) is 5.76. The number of Topliss-reactive ketones (excluding diaryl/α,β-unsaturated/α-hetero) is 1. The normalized spacial score (nSPS) is 20.1. The van der Waals surface area contributed by atoms with Crippen LogP contribution in [0.2, 0.25) is 0 Å². The summed E-state index contributed by atoms with van der Waals surface area (Å²) < 4.78 is 5.48. The van der Waals surface area contributed by atoms with E-state index in [1.54, 1.807) is 19.4 Å². The molecule has 148 valence electrons. The van der Waals surface area contributed by atoms with Gasteiger partial charge in [0.25, 0.3) is 0 Å². The van der Waals surface area contributed by atoms with E-state index in [2.05, 4.69) is 36.0 Å². The van der Waals surface area contributed by atoms with Crippen LogP contribution in [0.15, 0.2) is 55.3 Å². The molecule has 1 aliphatic rings. The van der Waals surface area contributed by atoms with E-state index in [0.29, 0.717) is 35.1 Å². The molecule has 1 fully saturated rings. The predicted molar refractivity (Wildman–Crippen MR) is 115 cm³/mol. The molecule has 0 radical (unpaired) electrons. The number of allylic oxidation sites excluding steroid dienone is 1. The first-order valence-electron chi connectivity index (χ1n) is 10.1. The molecule has 1 aromatic carbocycles. The van der Waals surface area contributed by atoms with Gasteiger partial charge in [0.1, 0.15) is 5.75 Å². The maximum atomic E-state index is 13.2. The molecule has 0 bridgehead atoms. The molecule has 0 spiro atoms. The van der Waals surface area contributed by atoms with Crippen molar-refractivity contribution in [3.8, 4) is 5.75 Å². The Labute approximate surface area is 167 Å². The standard InChI is InChI=1S/C24H30N2O2/c1-5-13-26-14-11-19(18(6-2)16-26)15-17(3)24(27)20-10-12-25-21-8-7-9-22(28-4)23(20)21/h6-10,12,18-19H,2-3,5,11,13-16H2,1,4H3. The molecular weight excluding hydrogens is 348 g/mol. The van der Waals surface area contributed by atoms with Crippen molar-refractivity contribution in [1.29, 1.82) is 0 Å². The van der Waals surface area contributed by atoms with Gasteiger partial charge >= 0.3 is 0 Å². The van der Waals surface area contributed by atoms with E-state index >= 15 is 0 Å². The van der Waals surface area contributed by atoms with Gasteiger partial charge in [0.05, 0.1) is 18.0 Å². The summed E-state index contributed by atoms with van der Waals surface area (Å²) >= 11 is 0. The third-order valence-corrected chi connectivity index (χ3v) is 5.76. The van der Waals surface area contributed by atoms with Crippen molar-refractivity contribution in [3.63, 3.8) is 0 Å². The number of pyridine rings is 1. The topological polar surface area (TPSA) is 42.4 Å². The maximum Gasteiger partial charge on any atom is 0.189 e. The van der Waals surface area contributed by atoms with E-state index in [0.717, 1.165) is 43.4 Å². The van der Waals surface area contributed by atoms with Crippen molar-refractivity contribution >= 4 is 16.7 Å². The fraction of sp³-hybridized carbons (Fsp3) is 0.417. The minimum atomic E-state index is -0.0179. The minimum Gasteiger partial charge on any atom is -0.496 e. The number of hydrogen-bond acceptors (Lipinski definition) is 4. The van der Waals surface area contributed by atoms with Crippen LogP contribution in [0.25, 0.3) is 10.9 Å². The molecule has 1 saturated heterocycles. The van der Waals surface area contributed by atoms with Gasteiger partial charge in [0.15, 0.2) is 5.78 Å². The Hall–Kier alpha value is -2.46. The second kappa shape index (κ2) is 9.16. The van der Waals surface area contributed by atoms with Crippen LogP contribution >= 0.6 is 0 Å². The van der Waals surface area contributed by atoms with E-state index in [4.69, 9.17) is 4.74 Å². The Morgan fingerprint density at radius 1 is 1.39 bits per heavy atom. The SMILES string of the molecule is C=CC1CN(CCC)CCC1CC(=C)C(=O)c1ccnc2cccc(OC)c12. The van der Waals surface area contributed by atoms with Crippen LogP contribution < -0.4 is 4.74 Å².